The van der Waals surface area contributed by atoms with E-state index < -0.39 is 0 Å². The summed E-state index contributed by atoms with van der Waals surface area (Å²) in [4.78, 5) is 10.8. The van der Waals surface area contributed by atoms with E-state index in [2.05, 4.69) is 22.8 Å². The average Bonchev–Trinajstić information content (AvgIpc) is 3.21. The van der Waals surface area contributed by atoms with Crippen molar-refractivity contribution in [3.05, 3.63) is 42.3 Å². The number of rotatable bonds is 8. The van der Waals surface area contributed by atoms with Gasteiger partial charge in [0.2, 0.25) is 0 Å². The number of aryl methyl sites for hydroxylation is 1. The molecule has 2 heterocycles. The highest BCUT2D eigenvalue weighted by molar-refractivity contribution is 5.84. The minimum atomic E-state index is 0.351. The summed E-state index contributed by atoms with van der Waals surface area (Å²) < 4.78 is 7.58. The van der Waals surface area contributed by atoms with Gasteiger partial charge in [-0.25, -0.2) is 0 Å². The van der Waals surface area contributed by atoms with Gasteiger partial charge in [-0.3, -0.25) is 9.48 Å². The molecular weight excluding hydrogens is 288 g/mol. The van der Waals surface area contributed by atoms with Crippen LogP contribution in [0.15, 0.2) is 40.9 Å². The maximum Gasteiger partial charge on any atom is 0.185 e. The summed E-state index contributed by atoms with van der Waals surface area (Å²) in [6, 6.07) is 9.66. The lowest BCUT2D eigenvalue weighted by Gasteiger charge is -2.05. The number of nitrogens with zero attached hydrogens (tertiary/aromatic N) is 2. The van der Waals surface area contributed by atoms with Gasteiger partial charge in [0.05, 0.1) is 11.7 Å². The highest BCUT2D eigenvalue weighted by Crippen LogP contribution is 2.26. The van der Waals surface area contributed by atoms with Gasteiger partial charge in [0.25, 0.3) is 0 Å². The Kier molecular flexibility index (Phi) is 4.91. The maximum atomic E-state index is 10.8. The molecule has 4 heteroatoms. The number of aldehydes is 1. The van der Waals surface area contributed by atoms with E-state index in [9.17, 15) is 4.79 Å². The molecule has 0 aliphatic heterocycles. The van der Waals surface area contributed by atoms with E-state index in [1.54, 1.807) is 6.07 Å². The standard InChI is InChI=1S/C19H22N2O2/c1-2-3-4-5-6-11-21-18-12-15(7-8-16(18)13-20-21)19-10-9-17(14-22)23-19/h7-10,12-14H,2-6,11H2,1H3. The van der Waals surface area contributed by atoms with Crippen LogP contribution in [-0.2, 0) is 6.54 Å². The van der Waals surface area contributed by atoms with Gasteiger partial charge in [-0.1, -0.05) is 44.7 Å². The van der Waals surface area contributed by atoms with Crippen LogP contribution in [-0.4, -0.2) is 16.1 Å². The van der Waals surface area contributed by atoms with Gasteiger partial charge in [-0.05, 0) is 24.6 Å². The van der Waals surface area contributed by atoms with Gasteiger partial charge >= 0.3 is 0 Å². The van der Waals surface area contributed by atoms with Crippen LogP contribution in [0, 0.1) is 0 Å². The molecule has 0 fully saturated rings. The highest BCUT2D eigenvalue weighted by Gasteiger charge is 2.08. The lowest BCUT2D eigenvalue weighted by Crippen LogP contribution is -1.99. The molecule has 0 N–H and O–H groups in total. The summed E-state index contributed by atoms with van der Waals surface area (Å²) in [5.74, 6) is 1.06. The number of fused-ring (bicyclic) bond motifs is 1. The second kappa shape index (κ2) is 7.27. The quantitative estimate of drug-likeness (QED) is 0.430. The van der Waals surface area contributed by atoms with Gasteiger partial charge in [0.15, 0.2) is 12.0 Å². The van der Waals surface area contributed by atoms with E-state index >= 15 is 0 Å². The van der Waals surface area contributed by atoms with E-state index in [0.29, 0.717) is 11.5 Å². The zero-order valence-corrected chi connectivity index (χ0v) is 13.5. The Morgan fingerprint density at radius 3 is 2.78 bits per heavy atom. The molecule has 0 bridgehead atoms. The number of unbranched alkanes of at least 4 members (excludes halogenated alkanes) is 4. The minimum Gasteiger partial charge on any atom is -0.453 e. The molecule has 0 aliphatic carbocycles. The van der Waals surface area contributed by atoms with Crippen LogP contribution < -0.4 is 0 Å². The predicted octanol–water partition coefficient (Wildman–Crippen LogP) is 5.08. The van der Waals surface area contributed by atoms with Crippen molar-refractivity contribution >= 4 is 17.2 Å². The predicted molar refractivity (Wildman–Crippen MR) is 91.6 cm³/mol. The van der Waals surface area contributed by atoms with Gasteiger partial charge in [0, 0.05) is 17.5 Å². The molecule has 0 atom stereocenters. The molecule has 0 unspecified atom stereocenters. The van der Waals surface area contributed by atoms with Crippen molar-refractivity contribution in [1.29, 1.82) is 0 Å². The second-order valence-electron chi connectivity index (χ2n) is 5.88. The number of carbonyl (C=O) groups is 1. The maximum absolute atomic E-state index is 10.8. The van der Waals surface area contributed by atoms with Crippen molar-refractivity contribution < 1.29 is 9.21 Å². The van der Waals surface area contributed by atoms with Crippen LogP contribution in [0.2, 0.25) is 0 Å². The first kappa shape index (κ1) is 15.5. The Balaban J connectivity index is 1.78. The lowest BCUT2D eigenvalue weighted by molar-refractivity contribution is 0.110. The Morgan fingerprint density at radius 1 is 1.13 bits per heavy atom. The Hall–Kier alpha value is -2.36. The molecule has 4 nitrogen and oxygen atoms in total. The zero-order chi connectivity index (χ0) is 16.1. The first-order chi connectivity index (χ1) is 11.3. The zero-order valence-electron chi connectivity index (χ0n) is 13.5. The number of hydrogen-bond donors (Lipinski definition) is 0. The highest BCUT2D eigenvalue weighted by atomic mass is 16.3. The lowest BCUT2D eigenvalue weighted by atomic mass is 10.1. The monoisotopic (exact) mass is 310 g/mol. The molecule has 0 amide bonds. The number of aromatic nitrogens is 2. The van der Waals surface area contributed by atoms with Crippen LogP contribution in [0.3, 0.4) is 0 Å². The van der Waals surface area contributed by atoms with E-state index in [-0.39, 0.29) is 0 Å². The molecule has 0 aliphatic rings. The molecule has 0 spiro atoms. The normalized spacial score (nSPS) is 11.2. The van der Waals surface area contributed by atoms with Crippen LogP contribution in [0.25, 0.3) is 22.2 Å². The second-order valence-corrected chi connectivity index (χ2v) is 5.88. The summed E-state index contributed by atoms with van der Waals surface area (Å²) in [5, 5.41) is 5.63. The van der Waals surface area contributed by atoms with Crippen molar-refractivity contribution in [3.8, 4) is 11.3 Å². The summed E-state index contributed by atoms with van der Waals surface area (Å²) in [5.41, 5.74) is 2.08. The van der Waals surface area contributed by atoms with Crippen molar-refractivity contribution in [2.24, 2.45) is 0 Å². The first-order valence-corrected chi connectivity index (χ1v) is 8.33. The topological polar surface area (TPSA) is 48.0 Å². The van der Waals surface area contributed by atoms with Crippen molar-refractivity contribution in [2.75, 3.05) is 0 Å². The van der Waals surface area contributed by atoms with E-state index in [4.69, 9.17) is 4.42 Å². The average molecular weight is 310 g/mol. The summed E-state index contributed by atoms with van der Waals surface area (Å²) in [6.07, 6.45) is 8.89. The van der Waals surface area contributed by atoms with Gasteiger partial charge < -0.3 is 4.42 Å². The van der Waals surface area contributed by atoms with Crippen LogP contribution >= 0.6 is 0 Å². The van der Waals surface area contributed by atoms with Gasteiger partial charge in [-0.15, -0.1) is 0 Å². The van der Waals surface area contributed by atoms with Gasteiger partial charge in [0.1, 0.15) is 5.76 Å². The molecule has 3 rings (SSSR count). The Labute approximate surface area is 136 Å². The number of furan rings is 1. The third kappa shape index (κ3) is 3.52. The molecule has 0 saturated heterocycles. The van der Waals surface area contributed by atoms with Crippen LogP contribution in [0.5, 0.6) is 0 Å². The molecule has 23 heavy (non-hydrogen) atoms. The third-order valence-electron chi connectivity index (χ3n) is 4.15. The third-order valence-corrected chi connectivity index (χ3v) is 4.15. The summed E-state index contributed by atoms with van der Waals surface area (Å²) in [6.45, 7) is 3.17. The van der Waals surface area contributed by atoms with E-state index in [1.165, 1.54) is 25.7 Å². The largest absolute Gasteiger partial charge is 0.453 e. The number of carbonyl (C=O) groups excluding carboxylic acids is 1. The van der Waals surface area contributed by atoms with E-state index in [1.807, 2.05) is 24.4 Å². The smallest absolute Gasteiger partial charge is 0.185 e. The Morgan fingerprint density at radius 2 is 2.00 bits per heavy atom. The SMILES string of the molecule is CCCCCCCn1ncc2ccc(-c3ccc(C=O)o3)cc21. The molecule has 0 saturated carbocycles. The molecule has 3 aromatic rings. The number of benzene rings is 1. The Bertz CT molecular complexity index is 786. The van der Waals surface area contributed by atoms with Crippen LogP contribution in [0.1, 0.15) is 49.6 Å². The molecule has 120 valence electrons. The molecule has 0 radical (unpaired) electrons. The van der Waals surface area contributed by atoms with Crippen LogP contribution in [0.4, 0.5) is 0 Å². The summed E-state index contributed by atoms with van der Waals surface area (Å²) >= 11 is 0. The first-order valence-electron chi connectivity index (χ1n) is 8.33. The molecular formula is C19H22N2O2. The fourth-order valence-corrected chi connectivity index (χ4v) is 2.84. The fraction of sp³-hybridized carbons (Fsp3) is 0.368. The van der Waals surface area contributed by atoms with Crippen molar-refractivity contribution in [1.82, 2.24) is 9.78 Å². The van der Waals surface area contributed by atoms with Gasteiger partial charge in [-0.2, -0.15) is 5.10 Å². The molecule has 2 aromatic heterocycles. The minimum absolute atomic E-state index is 0.351. The molecule has 1 aromatic carbocycles. The van der Waals surface area contributed by atoms with E-state index in [0.717, 1.165) is 35.7 Å². The number of hydrogen-bond acceptors (Lipinski definition) is 3. The van der Waals surface area contributed by atoms with Crippen molar-refractivity contribution in [2.45, 2.75) is 45.6 Å². The summed E-state index contributed by atoms with van der Waals surface area (Å²) in [7, 11) is 0. The van der Waals surface area contributed by atoms with Crippen molar-refractivity contribution in [3.63, 3.8) is 0 Å². The fourth-order valence-electron chi connectivity index (χ4n) is 2.84.